The van der Waals surface area contributed by atoms with Crippen molar-refractivity contribution in [1.29, 1.82) is 0 Å². The molecule has 4 amide bonds. The Labute approximate surface area is 194 Å². The Hall–Kier alpha value is -2.91. The summed E-state index contributed by atoms with van der Waals surface area (Å²) in [4.78, 5) is 53.9. The molecule has 1 N–H and O–H groups in total. The molecule has 4 rings (SSSR count). The number of carbonyl (C=O) groups excluding carboxylic acids is 4. The Morgan fingerprint density at radius 1 is 1.09 bits per heavy atom. The zero-order valence-corrected chi connectivity index (χ0v) is 19.0. The Kier molecular flexibility index (Phi) is 7.06. The summed E-state index contributed by atoms with van der Waals surface area (Å²) < 4.78 is 0. The molecule has 32 heavy (non-hydrogen) atoms. The van der Waals surface area contributed by atoms with E-state index in [1.54, 1.807) is 22.3 Å². The van der Waals surface area contributed by atoms with Crippen LogP contribution in [0.15, 0.2) is 46.7 Å². The second kappa shape index (κ2) is 10.1. The highest BCUT2D eigenvalue weighted by atomic mass is 32.2. The molecule has 2 aliphatic heterocycles. The molecule has 0 atom stereocenters. The average Bonchev–Trinajstić information content (AvgIpc) is 3.37. The fourth-order valence-electron chi connectivity index (χ4n) is 3.63. The van der Waals surface area contributed by atoms with E-state index in [0.717, 1.165) is 28.6 Å². The molecule has 1 aromatic carbocycles. The van der Waals surface area contributed by atoms with Crippen molar-refractivity contribution in [2.75, 3.05) is 19.6 Å². The van der Waals surface area contributed by atoms with Gasteiger partial charge in [-0.1, -0.05) is 30.3 Å². The van der Waals surface area contributed by atoms with Gasteiger partial charge < -0.3 is 10.2 Å². The van der Waals surface area contributed by atoms with Crippen LogP contribution in [0.25, 0.3) is 6.08 Å². The molecular formula is C23H23N3O4S2. The van der Waals surface area contributed by atoms with Crippen LogP contribution in [0.2, 0.25) is 0 Å². The highest BCUT2D eigenvalue weighted by molar-refractivity contribution is 8.18. The minimum absolute atomic E-state index is 0.0333. The maximum absolute atomic E-state index is 12.5. The average molecular weight is 470 g/mol. The van der Waals surface area contributed by atoms with Crippen LogP contribution in [0.5, 0.6) is 0 Å². The molecule has 1 aromatic heterocycles. The molecule has 2 aromatic rings. The highest BCUT2D eigenvalue weighted by Crippen LogP contribution is 2.31. The van der Waals surface area contributed by atoms with Gasteiger partial charge in [0.1, 0.15) is 0 Å². The van der Waals surface area contributed by atoms with Crippen LogP contribution in [0, 0.1) is 0 Å². The van der Waals surface area contributed by atoms with Gasteiger partial charge in [0.2, 0.25) is 11.8 Å². The Balaban J connectivity index is 1.19. The number of fused-ring (bicyclic) bond motifs is 1. The Bertz CT molecular complexity index is 1060. The lowest BCUT2D eigenvalue weighted by Gasteiger charge is -2.27. The zero-order valence-electron chi connectivity index (χ0n) is 17.4. The number of thiophene rings is 1. The first-order valence-electron chi connectivity index (χ1n) is 10.4. The van der Waals surface area contributed by atoms with E-state index in [0.29, 0.717) is 18.0 Å². The monoisotopic (exact) mass is 469 g/mol. The second-order valence-corrected chi connectivity index (χ2v) is 9.52. The number of hydrogen-bond acceptors (Lipinski definition) is 6. The molecular weight excluding hydrogens is 446 g/mol. The highest BCUT2D eigenvalue weighted by Gasteiger charge is 2.34. The van der Waals surface area contributed by atoms with Crippen LogP contribution in [-0.2, 0) is 27.3 Å². The number of amides is 4. The van der Waals surface area contributed by atoms with Crippen molar-refractivity contribution in [2.24, 2.45) is 0 Å². The summed E-state index contributed by atoms with van der Waals surface area (Å²) in [6.07, 6.45) is 2.78. The van der Waals surface area contributed by atoms with Crippen molar-refractivity contribution < 1.29 is 19.2 Å². The van der Waals surface area contributed by atoms with E-state index in [-0.39, 0.29) is 48.9 Å². The number of carbonyl (C=O) groups is 4. The van der Waals surface area contributed by atoms with Crippen molar-refractivity contribution in [3.63, 3.8) is 0 Å². The van der Waals surface area contributed by atoms with E-state index >= 15 is 0 Å². The van der Waals surface area contributed by atoms with Crippen molar-refractivity contribution in [2.45, 2.75) is 25.8 Å². The number of nitrogens with one attached hydrogen (secondary N) is 1. The molecule has 0 saturated carbocycles. The topological polar surface area (TPSA) is 86.8 Å². The van der Waals surface area contributed by atoms with Crippen molar-refractivity contribution >= 4 is 52.1 Å². The fourth-order valence-corrected chi connectivity index (χ4v) is 5.38. The lowest BCUT2D eigenvalue weighted by molar-refractivity contribution is -0.134. The van der Waals surface area contributed by atoms with Crippen molar-refractivity contribution in [3.05, 3.63) is 62.7 Å². The summed E-state index contributed by atoms with van der Waals surface area (Å²) in [5, 5.41) is 4.40. The van der Waals surface area contributed by atoms with Crippen LogP contribution in [0.1, 0.15) is 28.8 Å². The van der Waals surface area contributed by atoms with Gasteiger partial charge in [-0.15, -0.1) is 11.3 Å². The van der Waals surface area contributed by atoms with Crippen molar-refractivity contribution in [1.82, 2.24) is 15.1 Å². The normalized spacial score (nSPS) is 17.1. The molecule has 2 aliphatic rings. The standard InChI is InChI=1S/C23H23N3O4S2/c27-20(6-7-21(28)25-11-8-18-17(15-25)9-13-31-18)24-10-12-26-22(29)19(32-23(26)30)14-16-4-2-1-3-5-16/h1-5,9,13-14H,6-8,10-12,15H2,(H,24,27). The smallest absolute Gasteiger partial charge is 0.293 e. The summed E-state index contributed by atoms with van der Waals surface area (Å²) in [6, 6.07) is 11.4. The lowest BCUT2D eigenvalue weighted by atomic mass is 10.1. The van der Waals surface area contributed by atoms with Gasteiger partial charge in [0, 0.05) is 43.9 Å². The quantitative estimate of drug-likeness (QED) is 0.629. The Morgan fingerprint density at radius 3 is 2.72 bits per heavy atom. The van der Waals surface area contributed by atoms with Crippen LogP contribution in [0.4, 0.5) is 4.79 Å². The van der Waals surface area contributed by atoms with Crippen LogP contribution < -0.4 is 5.32 Å². The number of hydrogen-bond donors (Lipinski definition) is 1. The maximum Gasteiger partial charge on any atom is 0.293 e. The number of benzene rings is 1. The number of rotatable bonds is 7. The van der Waals surface area contributed by atoms with Crippen LogP contribution in [0.3, 0.4) is 0 Å². The molecule has 1 saturated heterocycles. The van der Waals surface area contributed by atoms with E-state index in [4.69, 9.17) is 0 Å². The molecule has 0 unspecified atom stereocenters. The van der Waals surface area contributed by atoms with E-state index in [9.17, 15) is 19.2 Å². The SMILES string of the molecule is O=C(CCC(=O)N1CCc2sccc2C1)NCCN1C(=O)SC(=Cc2ccccc2)C1=O. The first-order chi connectivity index (χ1) is 15.5. The second-order valence-electron chi connectivity index (χ2n) is 7.53. The summed E-state index contributed by atoms with van der Waals surface area (Å²) in [6.45, 7) is 1.55. The third kappa shape index (κ3) is 5.28. The first kappa shape index (κ1) is 22.3. The Morgan fingerprint density at radius 2 is 1.91 bits per heavy atom. The third-order valence-corrected chi connectivity index (χ3v) is 7.29. The third-order valence-electron chi connectivity index (χ3n) is 5.35. The van der Waals surface area contributed by atoms with Gasteiger partial charge in [-0.3, -0.25) is 24.1 Å². The predicted octanol–water partition coefficient (Wildman–Crippen LogP) is 3.27. The number of nitrogens with zero attached hydrogens (tertiary/aromatic N) is 2. The van der Waals surface area contributed by atoms with E-state index in [1.165, 1.54) is 10.4 Å². The molecule has 166 valence electrons. The maximum atomic E-state index is 12.5. The van der Waals surface area contributed by atoms with Gasteiger partial charge in [-0.25, -0.2) is 0 Å². The minimum atomic E-state index is -0.355. The van der Waals surface area contributed by atoms with E-state index < -0.39 is 0 Å². The minimum Gasteiger partial charge on any atom is -0.354 e. The number of imide groups is 1. The molecule has 0 spiro atoms. The summed E-state index contributed by atoms with van der Waals surface area (Å²) >= 11 is 2.62. The fraction of sp³-hybridized carbons (Fsp3) is 0.304. The van der Waals surface area contributed by atoms with E-state index in [1.807, 2.05) is 41.8 Å². The number of thioether (sulfide) groups is 1. The molecule has 9 heteroatoms. The molecule has 0 bridgehead atoms. The molecule has 0 aliphatic carbocycles. The van der Waals surface area contributed by atoms with Gasteiger partial charge in [0.25, 0.3) is 11.1 Å². The summed E-state index contributed by atoms with van der Waals surface area (Å²) in [7, 11) is 0. The first-order valence-corrected chi connectivity index (χ1v) is 12.1. The molecule has 7 nitrogen and oxygen atoms in total. The van der Waals surface area contributed by atoms with Crippen molar-refractivity contribution in [3.8, 4) is 0 Å². The largest absolute Gasteiger partial charge is 0.354 e. The summed E-state index contributed by atoms with van der Waals surface area (Å²) in [5.74, 6) is -0.654. The van der Waals surface area contributed by atoms with Gasteiger partial charge in [-0.2, -0.15) is 0 Å². The lowest BCUT2D eigenvalue weighted by Crippen LogP contribution is -2.38. The summed E-state index contributed by atoms with van der Waals surface area (Å²) in [5.41, 5.74) is 2.04. The van der Waals surface area contributed by atoms with Gasteiger partial charge in [0.05, 0.1) is 4.91 Å². The van der Waals surface area contributed by atoms with E-state index in [2.05, 4.69) is 5.32 Å². The predicted molar refractivity (Wildman–Crippen MR) is 125 cm³/mol. The van der Waals surface area contributed by atoms with Gasteiger partial charge in [-0.05, 0) is 46.8 Å². The van der Waals surface area contributed by atoms with Crippen LogP contribution in [-0.4, -0.2) is 52.4 Å². The van der Waals surface area contributed by atoms with Gasteiger partial charge in [0.15, 0.2) is 0 Å². The molecule has 1 fully saturated rings. The molecule has 0 radical (unpaired) electrons. The van der Waals surface area contributed by atoms with Crippen LogP contribution >= 0.6 is 23.1 Å². The van der Waals surface area contributed by atoms with Gasteiger partial charge >= 0.3 is 0 Å². The zero-order chi connectivity index (χ0) is 22.5. The molecule has 3 heterocycles.